The summed E-state index contributed by atoms with van der Waals surface area (Å²) in [4.78, 5) is 25.3. The molecule has 6 unspecified atom stereocenters. The highest BCUT2D eigenvalue weighted by Gasteiger charge is 2.61. The highest BCUT2D eigenvalue weighted by atomic mass is 16.5. The number of hydrogen-bond acceptors (Lipinski definition) is 4. The van der Waals surface area contributed by atoms with Crippen molar-refractivity contribution in [1.82, 2.24) is 0 Å². The molecule has 0 saturated heterocycles. The van der Waals surface area contributed by atoms with Crippen LogP contribution in [0.15, 0.2) is 35.9 Å². The van der Waals surface area contributed by atoms with E-state index in [1.165, 1.54) is 16.7 Å². The average molecular weight is 489 g/mol. The van der Waals surface area contributed by atoms with Crippen LogP contribution in [0, 0.1) is 34.5 Å². The molecule has 6 rings (SSSR count). The molecule has 7 atom stereocenters. The summed E-state index contributed by atoms with van der Waals surface area (Å²) in [5.74, 6) is 2.85. The number of aliphatic hydroxyl groups is 1. The first-order valence-corrected chi connectivity index (χ1v) is 14.1. The van der Waals surface area contributed by atoms with E-state index in [1.54, 1.807) is 0 Å². The molecule has 0 radical (unpaired) electrons. The maximum atomic E-state index is 13.2. The minimum atomic E-state index is -0.367. The van der Waals surface area contributed by atoms with Crippen LogP contribution in [0.3, 0.4) is 0 Å². The van der Waals surface area contributed by atoms with E-state index in [2.05, 4.69) is 32.1 Å². The van der Waals surface area contributed by atoms with Gasteiger partial charge in [-0.15, -0.1) is 0 Å². The number of ether oxygens (including phenoxy) is 1. The minimum Gasteiger partial charge on any atom is -0.486 e. The van der Waals surface area contributed by atoms with Gasteiger partial charge in [0.15, 0.2) is 11.6 Å². The molecule has 36 heavy (non-hydrogen) atoms. The number of carbonyl (C=O) groups is 2. The number of ketones is 2. The SMILES string of the molecule is CC12CCC(=O)C=C1CCC1C2[C@@H](O)CC2(C)C(CC(=O)COc3cccc4c3CCC=C4)CCC12. The van der Waals surface area contributed by atoms with Gasteiger partial charge in [-0.05, 0) is 104 Å². The molecule has 0 aliphatic heterocycles. The van der Waals surface area contributed by atoms with Crippen LogP contribution in [-0.4, -0.2) is 29.4 Å². The largest absolute Gasteiger partial charge is 0.486 e. The Morgan fingerprint density at radius 3 is 2.86 bits per heavy atom. The van der Waals surface area contributed by atoms with E-state index in [9.17, 15) is 14.7 Å². The van der Waals surface area contributed by atoms with Crippen LogP contribution in [0.25, 0.3) is 6.08 Å². The summed E-state index contributed by atoms with van der Waals surface area (Å²) >= 11 is 0. The summed E-state index contributed by atoms with van der Waals surface area (Å²) in [5, 5.41) is 11.6. The molecule has 1 aromatic rings. The Morgan fingerprint density at radius 1 is 1.14 bits per heavy atom. The van der Waals surface area contributed by atoms with Crippen molar-refractivity contribution in [1.29, 1.82) is 0 Å². The Bertz CT molecular complexity index is 1130. The van der Waals surface area contributed by atoms with Crippen LogP contribution in [-0.2, 0) is 16.0 Å². The van der Waals surface area contributed by atoms with Crippen molar-refractivity contribution in [3.05, 3.63) is 47.1 Å². The molecule has 3 saturated carbocycles. The zero-order valence-corrected chi connectivity index (χ0v) is 21.8. The third-order valence-electron chi connectivity index (χ3n) is 11.0. The maximum absolute atomic E-state index is 13.2. The van der Waals surface area contributed by atoms with E-state index in [-0.39, 0.29) is 41.0 Å². The molecule has 3 fully saturated rings. The Kier molecular flexibility index (Phi) is 6.02. The first-order chi connectivity index (χ1) is 17.3. The van der Waals surface area contributed by atoms with E-state index < -0.39 is 0 Å². The Labute approximate surface area is 215 Å². The van der Waals surface area contributed by atoms with Crippen molar-refractivity contribution < 1.29 is 19.4 Å². The fourth-order valence-electron chi connectivity index (χ4n) is 9.20. The normalized spacial score (nSPS) is 38.9. The maximum Gasteiger partial charge on any atom is 0.170 e. The van der Waals surface area contributed by atoms with Crippen molar-refractivity contribution in [3.63, 3.8) is 0 Å². The van der Waals surface area contributed by atoms with Gasteiger partial charge in [0.25, 0.3) is 0 Å². The van der Waals surface area contributed by atoms with E-state index in [0.717, 1.165) is 57.1 Å². The second kappa shape index (κ2) is 8.97. The lowest BCUT2D eigenvalue weighted by molar-refractivity contribution is -0.137. The minimum absolute atomic E-state index is 0.00495. The fourth-order valence-corrected chi connectivity index (χ4v) is 9.20. The van der Waals surface area contributed by atoms with Gasteiger partial charge in [0.05, 0.1) is 6.10 Å². The number of carbonyl (C=O) groups excluding carboxylic acids is 2. The second-order valence-electron chi connectivity index (χ2n) is 12.7. The van der Waals surface area contributed by atoms with E-state index in [0.29, 0.717) is 30.6 Å². The molecule has 0 heterocycles. The standard InChI is InChI=1S/C32H40O4/c1-31-15-14-23(33)16-21(31)10-12-26-27-13-11-22(32(27,2)18-28(35)30(26)31)17-24(34)19-36-29-9-5-7-20-6-3-4-8-25(20)29/h3,5-7,9,16,22,26-28,30,35H,4,8,10-15,17-19H2,1-2H3/t22?,26?,27?,28-,30?,31?,32?/m0/s1. The molecular weight excluding hydrogens is 448 g/mol. The smallest absolute Gasteiger partial charge is 0.170 e. The zero-order valence-electron chi connectivity index (χ0n) is 21.8. The lowest BCUT2D eigenvalue weighted by Gasteiger charge is -2.59. The van der Waals surface area contributed by atoms with Crippen LogP contribution < -0.4 is 4.74 Å². The topological polar surface area (TPSA) is 63.6 Å². The molecular formula is C32H40O4. The molecule has 1 aromatic carbocycles. The number of aliphatic hydroxyl groups excluding tert-OH is 1. The van der Waals surface area contributed by atoms with Gasteiger partial charge in [-0.3, -0.25) is 9.59 Å². The molecule has 5 aliphatic carbocycles. The third-order valence-corrected chi connectivity index (χ3v) is 11.0. The van der Waals surface area contributed by atoms with Crippen molar-refractivity contribution in [2.45, 2.75) is 84.2 Å². The molecule has 0 aromatic heterocycles. The third kappa shape index (κ3) is 3.83. The van der Waals surface area contributed by atoms with Gasteiger partial charge in [-0.1, -0.05) is 43.7 Å². The van der Waals surface area contributed by atoms with Crippen molar-refractivity contribution >= 4 is 17.6 Å². The van der Waals surface area contributed by atoms with Crippen molar-refractivity contribution in [3.8, 4) is 5.75 Å². The number of hydrogen-bond donors (Lipinski definition) is 1. The quantitative estimate of drug-likeness (QED) is 0.544. The molecule has 192 valence electrons. The van der Waals surface area contributed by atoms with Gasteiger partial charge in [0, 0.05) is 18.4 Å². The van der Waals surface area contributed by atoms with Gasteiger partial charge >= 0.3 is 0 Å². The molecule has 4 nitrogen and oxygen atoms in total. The molecule has 0 amide bonds. The molecule has 1 N–H and O–H groups in total. The average Bonchev–Trinajstić information content (AvgIpc) is 3.18. The number of allylic oxidation sites excluding steroid dienone is 2. The van der Waals surface area contributed by atoms with E-state index >= 15 is 0 Å². The van der Waals surface area contributed by atoms with Crippen molar-refractivity contribution in [2.24, 2.45) is 34.5 Å². The van der Waals surface area contributed by atoms with Gasteiger partial charge in [-0.25, -0.2) is 0 Å². The predicted octanol–water partition coefficient (Wildman–Crippen LogP) is 6.10. The summed E-state index contributed by atoms with van der Waals surface area (Å²) in [5.41, 5.74) is 3.64. The summed E-state index contributed by atoms with van der Waals surface area (Å²) in [7, 11) is 0. The Morgan fingerprint density at radius 2 is 2.00 bits per heavy atom. The Hall–Kier alpha value is -2.20. The van der Waals surface area contributed by atoms with Crippen molar-refractivity contribution in [2.75, 3.05) is 6.61 Å². The van der Waals surface area contributed by atoms with Crippen LogP contribution in [0.5, 0.6) is 5.75 Å². The Balaban J connectivity index is 1.15. The predicted molar refractivity (Wildman–Crippen MR) is 141 cm³/mol. The van der Waals surface area contributed by atoms with Gasteiger partial charge in [-0.2, -0.15) is 0 Å². The molecule has 4 heteroatoms. The number of fused-ring (bicyclic) bond motifs is 6. The summed E-state index contributed by atoms with van der Waals surface area (Å²) in [6, 6.07) is 6.10. The first-order valence-electron chi connectivity index (χ1n) is 14.1. The summed E-state index contributed by atoms with van der Waals surface area (Å²) in [6.07, 6.45) is 14.9. The second-order valence-corrected chi connectivity index (χ2v) is 12.7. The number of Topliss-reactive ketones (excluding diaryl/α,β-unsaturated/α-hetero) is 1. The molecule has 0 spiro atoms. The van der Waals surface area contributed by atoms with Crippen LogP contribution >= 0.6 is 0 Å². The zero-order chi connectivity index (χ0) is 25.1. The van der Waals surface area contributed by atoms with E-state index in [1.807, 2.05) is 18.2 Å². The monoisotopic (exact) mass is 488 g/mol. The lowest BCUT2D eigenvalue weighted by atomic mass is 9.46. The van der Waals surface area contributed by atoms with Gasteiger partial charge < -0.3 is 9.84 Å². The molecule has 5 aliphatic rings. The number of benzene rings is 1. The summed E-state index contributed by atoms with van der Waals surface area (Å²) < 4.78 is 6.07. The molecule has 0 bridgehead atoms. The van der Waals surface area contributed by atoms with Crippen LogP contribution in [0.2, 0.25) is 0 Å². The highest BCUT2D eigenvalue weighted by Crippen LogP contribution is 2.67. The fraction of sp³-hybridized carbons (Fsp3) is 0.625. The summed E-state index contributed by atoms with van der Waals surface area (Å²) in [6.45, 7) is 4.78. The van der Waals surface area contributed by atoms with Crippen LogP contribution in [0.4, 0.5) is 0 Å². The number of rotatable bonds is 5. The van der Waals surface area contributed by atoms with E-state index in [4.69, 9.17) is 4.74 Å². The highest BCUT2D eigenvalue weighted by molar-refractivity contribution is 5.91. The van der Waals surface area contributed by atoms with Gasteiger partial charge in [0.1, 0.15) is 12.4 Å². The first kappa shape index (κ1) is 24.2. The lowest BCUT2D eigenvalue weighted by Crippen LogP contribution is -2.56. The van der Waals surface area contributed by atoms with Gasteiger partial charge in [0.2, 0.25) is 0 Å². The van der Waals surface area contributed by atoms with Crippen LogP contribution in [0.1, 0.15) is 82.8 Å².